The second kappa shape index (κ2) is 6.46. The highest BCUT2D eigenvalue weighted by Crippen LogP contribution is 2.28. The molecular formula is C16H26N2O2. The van der Waals surface area contributed by atoms with Gasteiger partial charge in [-0.3, -0.25) is 4.90 Å². The summed E-state index contributed by atoms with van der Waals surface area (Å²) in [6.45, 7) is 8.61. The van der Waals surface area contributed by atoms with E-state index in [1.165, 1.54) is 0 Å². The van der Waals surface area contributed by atoms with Crippen LogP contribution in [0.3, 0.4) is 0 Å². The standard InChI is InChI=1S/C16H26N2O2/c1-4-16(2,19)13-17-9-11-18(12-10-17)14-7-5-6-8-15(14)20-3/h5-8,19H,4,9-13H2,1-3H3. The normalized spacial score (nSPS) is 19.7. The van der Waals surface area contributed by atoms with Crippen molar-refractivity contribution in [1.82, 2.24) is 4.90 Å². The molecule has 0 aromatic heterocycles. The maximum Gasteiger partial charge on any atom is 0.142 e. The molecule has 0 saturated carbocycles. The Labute approximate surface area is 122 Å². The van der Waals surface area contributed by atoms with Crippen LogP contribution in [0, 0.1) is 0 Å². The van der Waals surface area contributed by atoms with Crippen LogP contribution in [0.5, 0.6) is 5.75 Å². The summed E-state index contributed by atoms with van der Waals surface area (Å²) < 4.78 is 5.43. The smallest absolute Gasteiger partial charge is 0.142 e. The minimum Gasteiger partial charge on any atom is -0.495 e. The molecule has 1 heterocycles. The third kappa shape index (κ3) is 3.64. The van der Waals surface area contributed by atoms with Gasteiger partial charge in [0.25, 0.3) is 0 Å². The number of rotatable bonds is 5. The van der Waals surface area contributed by atoms with E-state index in [2.05, 4.69) is 15.9 Å². The topological polar surface area (TPSA) is 35.9 Å². The average Bonchev–Trinajstić information content (AvgIpc) is 2.48. The Morgan fingerprint density at radius 3 is 2.45 bits per heavy atom. The summed E-state index contributed by atoms with van der Waals surface area (Å²) in [5.41, 5.74) is 0.587. The molecule has 1 unspecified atom stereocenters. The van der Waals surface area contributed by atoms with Crippen LogP contribution >= 0.6 is 0 Å². The number of hydrogen-bond donors (Lipinski definition) is 1. The third-order valence-electron chi connectivity index (χ3n) is 4.12. The first-order valence-corrected chi connectivity index (χ1v) is 7.38. The molecule has 4 heteroatoms. The molecule has 1 aliphatic heterocycles. The van der Waals surface area contributed by atoms with E-state index >= 15 is 0 Å². The first-order chi connectivity index (χ1) is 9.55. The summed E-state index contributed by atoms with van der Waals surface area (Å²) >= 11 is 0. The number of benzene rings is 1. The molecule has 0 aliphatic carbocycles. The molecule has 1 atom stereocenters. The number of ether oxygens (including phenoxy) is 1. The maximum atomic E-state index is 10.2. The van der Waals surface area contributed by atoms with Gasteiger partial charge >= 0.3 is 0 Å². The Balaban J connectivity index is 1.94. The van der Waals surface area contributed by atoms with Crippen LogP contribution in [0.25, 0.3) is 0 Å². The van der Waals surface area contributed by atoms with E-state index in [9.17, 15) is 5.11 Å². The Bertz CT molecular complexity index is 426. The first-order valence-electron chi connectivity index (χ1n) is 7.38. The number of aliphatic hydroxyl groups is 1. The molecule has 1 fully saturated rings. The third-order valence-corrected chi connectivity index (χ3v) is 4.12. The molecule has 0 bridgehead atoms. The van der Waals surface area contributed by atoms with Crippen molar-refractivity contribution < 1.29 is 9.84 Å². The summed E-state index contributed by atoms with van der Waals surface area (Å²) in [4.78, 5) is 4.70. The summed E-state index contributed by atoms with van der Waals surface area (Å²) in [7, 11) is 1.72. The summed E-state index contributed by atoms with van der Waals surface area (Å²) in [6, 6.07) is 8.16. The fourth-order valence-corrected chi connectivity index (χ4v) is 2.63. The molecule has 4 nitrogen and oxygen atoms in total. The highest BCUT2D eigenvalue weighted by molar-refractivity contribution is 5.58. The van der Waals surface area contributed by atoms with E-state index in [1.807, 2.05) is 32.0 Å². The van der Waals surface area contributed by atoms with E-state index in [4.69, 9.17) is 4.74 Å². The summed E-state index contributed by atoms with van der Waals surface area (Å²) in [5.74, 6) is 0.932. The van der Waals surface area contributed by atoms with E-state index in [0.717, 1.165) is 50.6 Å². The highest BCUT2D eigenvalue weighted by atomic mass is 16.5. The molecule has 0 spiro atoms. The summed E-state index contributed by atoms with van der Waals surface area (Å²) in [6.07, 6.45) is 0.791. The van der Waals surface area contributed by atoms with Crippen LogP contribution in [-0.2, 0) is 0 Å². The highest BCUT2D eigenvalue weighted by Gasteiger charge is 2.25. The minimum atomic E-state index is -0.577. The van der Waals surface area contributed by atoms with Gasteiger partial charge < -0.3 is 14.7 Å². The van der Waals surface area contributed by atoms with Crippen molar-refractivity contribution in [2.24, 2.45) is 0 Å². The quantitative estimate of drug-likeness (QED) is 0.893. The minimum absolute atomic E-state index is 0.577. The predicted molar refractivity (Wildman–Crippen MR) is 82.6 cm³/mol. The Kier molecular flexibility index (Phi) is 4.89. The molecule has 1 aromatic rings. The van der Waals surface area contributed by atoms with E-state index in [0.29, 0.717) is 0 Å². The van der Waals surface area contributed by atoms with Crippen LogP contribution in [0.2, 0.25) is 0 Å². The molecule has 1 N–H and O–H groups in total. The van der Waals surface area contributed by atoms with Crippen LogP contribution in [-0.4, -0.2) is 55.4 Å². The average molecular weight is 278 g/mol. The zero-order chi connectivity index (χ0) is 14.6. The number of hydrogen-bond acceptors (Lipinski definition) is 4. The van der Waals surface area contributed by atoms with Crippen molar-refractivity contribution in [3.63, 3.8) is 0 Å². The molecule has 2 rings (SSSR count). The number of nitrogens with zero attached hydrogens (tertiary/aromatic N) is 2. The molecule has 1 saturated heterocycles. The Morgan fingerprint density at radius 1 is 1.20 bits per heavy atom. The second-order valence-corrected chi connectivity index (χ2v) is 5.79. The van der Waals surface area contributed by atoms with Crippen molar-refractivity contribution in [3.8, 4) is 5.75 Å². The largest absolute Gasteiger partial charge is 0.495 e. The van der Waals surface area contributed by atoms with Crippen molar-refractivity contribution >= 4 is 5.69 Å². The van der Waals surface area contributed by atoms with Gasteiger partial charge in [0, 0.05) is 32.7 Å². The number of para-hydroxylation sites is 2. The van der Waals surface area contributed by atoms with Gasteiger partial charge in [-0.25, -0.2) is 0 Å². The number of anilines is 1. The zero-order valence-corrected chi connectivity index (χ0v) is 12.8. The number of piperazine rings is 1. The predicted octanol–water partition coefficient (Wildman–Crippen LogP) is 1.98. The van der Waals surface area contributed by atoms with E-state index in [1.54, 1.807) is 7.11 Å². The van der Waals surface area contributed by atoms with Crippen LogP contribution < -0.4 is 9.64 Å². The molecule has 0 amide bonds. The fraction of sp³-hybridized carbons (Fsp3) is 0.625. The lowest BCUT2D eigenvalue weighted by molar-refractivity contribution is 0.0149. The van der Waals surface area contributed by atoms with Gasteiger partial charge in [0.1, 0.15) is 5.75 Å². The van der Waals surface area contributed by atoms with E-state index in [-0.39, 0.29) is 0 Å². The molecule has 112 valence electrons. The monoisotopic (exact) mass is 278 g/mol. The van der Waals surface area contributed by atoms with Crippen LogP contribution in [0.15, 0.2) is 24.3 Å². The van der Waals surface area contributed by atoms with Crippen molar-refractivity contribution in [3.05, 3.63) is 24.3 Å². The van der Waals surface area contributed by atoms with Gasteiger partial charge in [0.2, 0.25) is 0 Å². The van der Waals surface area contributed by atoms with Gasteiger partial charge in [0.15, 0.2) is 0 Å². The number of β-amino-alcohol motifs (C(OH)–C–C–N with tert-alkyl or cyclic N) is 1. The lowest BCUT2D eigenvalue weighted by atomic mass is 10.0. The van der Waals surface area contributed by atoms with Crippen molar-refractivity contribution in [2.75, 3.05) is 44.7 Å². The maximum absolute atomic E-state index is 10.2. The molecule has 0 radical (unpaired) electrons. The fourth-order valence-electron chi connectivity index (χ4n) is 2.63. The summed E-state index contributed by atoms with van der Waals surface area (Å²) in [5, 5.41) is 10.2. The Hall–Kier alpha value is -1.26. The van der Waals surface area contributed by atoms with Crippen molar-refractivity contribution in [2.45, 2.75) is 25.9 Å². The van der Waals surface area contributed by atoms with Gasteiger partial charge in [-0.2, -0.15) is 0 Å². The lowest BCUT2D eigenvalue weighted by Gasteiger charge is -2.39. The zero-order valence-electron chi connectivity index (χ0n) is 12.8. The van der Waals surface area contributed by atoms with Crippen molar-refractivity contribution in [1.29, 1.82) is 0 Å². The second-order valence-electron chi connectivity index (χ2n) is 5.79. The van der Waals surface area contributed by atoms with Gasteiger partial charge in [-0.1, -0.05) is 19.1 Å². The molecule has 20 heavy (non-hydrogen) atoms. The number of methoxy groups -OCH3 is 1. The molecule has 1 aliphatic rings. The molecule has 1 aromatic carbocycles. The van der Waals surface area contributed by atoms with Gasteiger partial charge in [0.05, 0.1) is 18.4 Å². The Morgan fingerprint density at radius 2 is 1.85 bits per heavy atom. The first kappa shape index (κ1) is 15.1. The SMILES string of the molecule is CCC(C)(O)CN1CCN(c2ccccc2OC)CC1. The molecular weight excluding hydrogens is 252 g/mol. The lowest BCUT2D eigenvalue weighted by Crippen LogP contribution is -2.51. The van der Waals surface area contributed by atoms with Gasteiger partial charge in [-0.05, 0) is 25.5 Å². The van der Waals surface area contributed by atoms with Gasteiger partial charge in [-0.15, -0.1) is 0 Å². The van der Waals surface area contributed by atoms with Crippen LogP contribution in [0.1, 0.15) is 20.3 Å². The van der Waals surface area contributed by atoms with Crippen LogP contribution in [0.4, 0.5) is 5.69 Å². The van der Waals surface area contributed by atoms with E-state index < -0.39 is 5.60 Å².